The van der Waals surface area contributed by atoms with E-state index in [1.807, 2.05) is 0 Å². The smallest absolute Gasteiger partial charge is 0.370 e. The SMILES string of the molecule is O=C(Nc1cn2nc(-c3c(-c4ccc(F)cc4)ncn3CCOCC(F)(F)F)ccc2n1)c1ccnc(F)c1. The third-order valence-electron chi connectivity index (χ3n) is 5.49. The fourth-order valence-electron chi connectivity index (χ4n) is 3.79. The van der Waals surface area contributed by atoms with Crippen LogP contribution in [0.25, 0.3) is 28.3 Å². The van der Waals surface area contributed by atoms with E-state index in [-0.39, 0.29) is 24.5 Å². The Labute approximate surface area is 216 Å². The molecule has 5 aromatic rings. The van der Waals surface area contributed by atoms with Crippen molar-refractivity contribution in [3.63, 3.8) is 0 Å². The van der Waals surface area contributed by atoms with Gasteiger partial charge in [0.15, 0.2) is 11.5 Å². The summed E-state index contributed by atoms with van der Waals surface area (Å²) in [4.78, 5) is 24.5. The van der Waals surface area contributed by atoms with E-state index < -0.39 is 30.5 Å². The molecule has 1 N–H and O–H groups in total. The Bertz CT molecular complexity index is 1630. The van der Waals surface area contributed by atoms with Crippen molar-refractivity contribution < 1.29 is 31.5 Å². The van der Waals surface area contributed by atoms with Gasteiger partial charge in [0.05, 0.1) is 30.5 Å². The number of ether oxygens (including phenoxy) is 1. The quantitative estimate of drug-likeness (QED) is 0.172. The van der Waals surface area contributed by atoms with E-state index in [0.717, 1.165) is 12.3 Å². The van der Waals surface area contributed by atoms with Crippen molar-refractivity contribution in [2.75, 3.05) is 18.5 Å². The van der Waals surface area contributed by atoms with Crippen molar-refractivity contribution in [3.8, 4) is 22.6 Å². The van der Waals surface area contributed by atoms with Gasteiger partial charge in [-0.3, -0.25) is 4.79 Å². The Balaban J connectivity index is 1.46. The summed E-state index contributed by atoms with van der Waals surface area (Å²) in [5.74, 6) is -1.70. The highest BCUT2D eigenvalue weighted by Gasteiger charge is 2.27. The van der Waals surface area contributed by atoms with Gasteiger partial charge < -0.3 is 14.6 Å². The summed E-state index contributed by atoms with van der Waals surface area (Å²) >= 11 is 0. The van der Waals surface area contributed by atoms with Crippen LogP contribution in [0.15, 0.2) is 67.3 Å². The number of pyridine rings is 1. The fraction of sp³-hybridized carbons (Fsp3) is 0.160. The summed E-state index contributed by atoms with van der Waals surface area (Å²) in [6, 6.07) is 11.2. The maximum Gasteiger partial charge on any atom is 0.411 e. The highest BCUT2D eigenvalue weighted by atomic mass is 19.4. The van der Waals surface area contributed by atoms with E-state index in [1.54, 1.807) is 16.7 Å². The van der Waals surface area contributed by atoms with Gasteiger partial charge in [-0.2, -0.15) is 22.7 Å². The van der Waals surface area contributed by atoms with Crippen LogP contribution in [-0.2, 0) is 11.3 Å². The first-order valence-electron chi connectivity index (χ1n) is 11.4. The van der Waals surface area contributed by atoms with E-state index in [1.165, 1.54) is 47.4 Å². The summed E-state index contributed by atoms with van der Waals surface area (Å²) in [6.45, 7) is -1.60. The Morgan fingerprint density at radius 2 is 1.82 bits per heavy atom. The van der Waals surface area contributed by atoms with Gasteiger partial charge in [0, 0.05) is 29.9 Å². The van der Waals surface area contributed by atoms with E-state index in [4.69, 9.17) is 4.74 Å². The number of hydrogen-bond acceptors (Lipinski definition) is 6. The zero-order valence-electron chi connectivity index (χ0n) is 19.9. The Morgan fingerprint density at radius 3 is 2.56 bits per heavy atom. The number of alkyl halides is 3. The third kappa shape index (κ3) is 6.06. The van der Waals surface area contributed by atoms with Crippen LogP contribution in [0.5, 0.6) is 0 Å². The zero-order chi connectivity index (χ0) is 27.6. The van der Waals surface area contributed by atoms with Crippen molar-refractivity contribution in [3.05, 3.63) is 84.6 Å². The average molecular weight is 543 g/mol. The number of benzene rings is 1. The van der Waals surface area contributed by atoms with Crippen molar-refractivity contribution in [1.82, 2.24) is 29.1 Å². The topological polar surface area (TPSA) is 99.2 Å². The molecule has 5 rings (SSSR count). The standard InChI is InChI=1S/C25H18F5N7O2/c26-17-3-1-15(2-4-17)22-23(36(14-32-22)9-10-39-13-25(28,29)30)18-5-6-21-33-20(12-37(21)35-18)34-24(38)16-7-8-31-19(27)11-16/h1-8,11-12,14H,9-10,13H2,(H,34,38). The first kappa shape index (κ1) is 25.9. The van der Waals surface area contributed by atoms with Crippen molar-refractivity contribution >= 4 is 17.4 Å². The van der Waals surface area contributed by atoms with Crippen LogP contribution in [0.2, 0.25) is 0 Å². The summed E-state index contributed by atoms with van der Waals surface area (Å²) in [6.07, 6.45) is -0.412. The molecular formula is C25H18F5N7O2. The van der Waals surface area contributed by atoms with Gasteiger partial charge in [-0.05, 0) is 42.5 Å². The second kappa shape index (κ2) is 10.6. The summed E-state index contributed by atoms with van der Waals surface area (Å²) < 4.78 is 72.1. The first-order chi connectivity index (χ1) is 18.7. The molecule has 0 unspecified atom stereocenters. The minimum Gasteiger partial charge on any atom is -0.370 e. The number of amides is 1. The number of fused-ring (bicyclic) bond motifs is 1. The summed E-state index contributed by atoms with van der Waals surface area (Å²) in [5.41, 5.74) is 2.23. The minimum absolute atomic E-state index is 0.0348. The largest absolute Gasteiger partial charge is 0.411 e. The molecule has 1 aromatic carbocycles. The number of anilines is 1. The highest BCUT2D eigenvalue weighted by Crippen LogP contribution is 2.31. The fourth-order valence-corrected chi connectivity index (χ4v) is 3.79. The van der Waals surface area contributed by atoms with Gasteiger partial charge in [-0.25, -0.2) is 23.9 Å². The molecule has 0 atom stereocenters. The average Bonchev–Trinajstić information content (AvgIpc) is 3.49. The van der Waals surface area contributed by atoms with Crippen LogP contribution in [0.4, 0.5) is 27.8 Å². The lowest BCUT2D eigenvalue weighted by Gasteiger charge is -2.12. The van der Waals surface area contributed by atoms with Gasteiger partial charge in [-0.15, -0.1) is 0 Å². The van der Waals surface area contributed by atoms with Crippen LogP contribution < -0.4 is 5.32 Å². The molecule has 0 fully saturated rings. The number of nitrogens with one attached hydrogen (secondary N) is 1. The molecule has 39 heavy (non-hydrogen) atoms. The molecule has 4 heterocycles. The lowest BCUT2D eigenvalue weighted by atomic mass is 10.1. The highest BCUT2D eigenvalue weighted by molar-refractivity contribution is 6.03. The molecule has 9 nitrogen and oxygen atoms in total. The van der Waals surface area contributed by atoms with Crippen molar-refractivity contribution in [1.29, 1.82) is 0 Å². The lowest BCUT2D eigenvalue weighted by Crippen LogP contribution is -2.19. The molecule has 0 saturated carbocycles. The van der Waals surface area contributed by atoms with Crippen LogP contribution >= 0.6 is 0 Å². The van der Waals surface area contributed by atoms with Crippen LogP contribution in [0.3, 0.4) is 0 Å². The van der Waals surface area contributed by atoms with Crippen molar-refractivity contribution in [2.24, 2.45) is 0 Å². The number of carbonyl (C=O) groups excluding carboxylic acids is 1. The number of hydrogen-bond donors (Lipinski definition) is 1. The van der Waals surface area contributed by atoms with Crippen LogP contribution in [0.1, 0.15) is 10.4 Å². The van der Waals surface area contributed by atoms with Gasteiger partial charge in [0.25, 0.3) is 5.91 Å². The number of nitrogens with zero attached hydrogens (tertiary/aromatic N) is 6. The van der Waals surface area contributed by atoms with Gasteiger partial charge in [0.2, 0.25) is 5.95 Å². The van der Waals surface area contributed by atoms with Gasteiger partial charge >= 0.3 is 6.18 Å². The van der Waals surface area contributed by atoms with E-state index >= 15 is 0 Å². The molecule has 0 aliphatic carbocycles. The second-order valence-electron chi connectivity index (χ2n) is 8.28. The first-order valence-corrected chi connectivity index (χ1v) is 11.4. The maximum atomic E-state index is 13.5. The van der Waals surface area contributed by atoms with E-state index in [9.17, 15) is 26.7 Å². The van der Waals surface area contributed by atoms with Crippen molar-refractivity contribution in [2.45, 2.75) is 12.7 Å². The molecule has 0 aliphatic heterocycles. The molecule has 200 valence electrons. The monoisotopic (exact) mass is 543 g/mol. The summed E-state index contributed by atoms with van der Waals surface area (Å²) in [5, 5.41) is 7.10. The molecule has 4 aromatic heterocycles. The third-order valence-corrected chi connectivity index (χ3v) is 5.49. The molecule has 0 saturated heterocycles. The number of aromatic nitrogens is 6. The molecule has 1 amide bonds. The Hall–Kier alpha value is -4.72. The molecular weight excluding hydrogens is 525 g/mol. The molecule has 0 bridgehead atoms. The number of rotatable bonds is 8. The number of carbonyl (C=O) groups is 1. The lowest BCUT2D eigenvalue weighted by molar-refractivity contribution is -0.174. The van der Waals surface area contributed by atoms with Crippen LogP contribution in [0, 0.1) is 11.8 Å². The minimum atomic E-state index is -4.45. The van der Waals surface area contributed by atoms with Gasteiger partial charge in [-0.1, -0.05) is 0 Å². The van der Waals surface area contributed by atoms with E-state index in [0.29, 0.717) is 28.3 Å². The Morgan fingerprint density at radius 1 is 1.03 bits per heavy atom. The predicted molar refractivity (Wildman–Crippen MR) is 129 cm³/mol. The summed E-state index contributed by atoms with van der Waals surface area (Å²) in [7, 11) is 0. The maximum absolute atomic E-state index is 13.5. The Kier molecular flexibility index (Phi) is 7.02. The molecule has 0 aliphatic rings. The number of imidazole rings is 2. The van der Waals surface area contributed by atoms with Gasteiger partial charge in [0.1, 0.15) is 18.1 Å². The second-order valence-corrected chi connectivity index (χ2v) is 8.28. The molecule has 0 radical (unpaired) electrons. The predicted octanol–water partition coefficient (Wildman–Crippen LogP) is 4.76. The molecule has 14 heteroatoms. The number of halogens is 5. The zero-order valence-corrected chi connectivity index (χ0v) is 19.9. The van der Waals surface area contributed by atoms with E-state index in [2.05, 4.69) is 25.4 Å². The van der Waals surface area contributed by atoms with Crippen LogP contribution in [-0.4, -0.2) is 54.4 Å². The molecule has 0 spiro atoms. The normalized spacial score (nSPS) is 11.7.